The van der Waals surface area contributed by atoms with Crippen LogP contribution < -0.4 is 14.4 Å². The van der Waals surface area contributed by atoms with E-state index in [1.54, 1.807) is 0 Å². The Balaban J connectivity index is 2.24. The second kappa shape index (κ2) is 7.46. The Morgan fingerprint density at radius 1 is 1.12 bits per heavy atom. The predicted molar refractivity (Wildman–Crippen MR) is 89.1 cm³/mol. The zero-order chi connectivity index (χ0) is 18.6. The van der Waals surface area contributed by atoms with E-state index < -0.39 is 26.0 Å². The Morgan fingerprint density at radius 2 is 1.76 bits per heavy atom. The topological polar surface area (TPSA) is 122 Å². The Labute approximate surface area is 146 Å². The fraction of sp³-hybridized carbons (Fsp3) is 0.125. The molecule has 2 aromatic carbocycles. The van der Waals surface area contributed by atoms with Gasteiger partial charge >= 0.3 is 146 Å². The number of carbonyl (C=O) groups excluding carboxylic acids is 2. The van der Waals surface area contributed by atoms with Gasteiger partial charge in [-0.15, -0.1) is 0 Å². The number of anilines is 1. The van der Waals surface area contributed by atoms with E-state index in [1.165, 1.54) is 38.3 Å². The Kier molecular flexibility index (Phi) is 5.56. The molecule has 0 spiro atoms. The van der Waals surface area contributed by atoms with Gasteiger partial charge in [0.2, 0.25) is 0 Å². The molecule has 0 aromatic heterocycles. The van der Waals surface area contributed by atoms with Crippen LogP contribution in [0.15, 0.2) is 42.5 Å². The third-order valence-electron chi connectivity index (χ3n) is 3.15. The number of rotatable bonds is 5. The van der Waals surface area contributed by atoms with E-state index in [0.29, 0.717) is 5.75 Å². The first kappa shape index (κ1) is 18.6. The molecule has 0 aliphatic heterocycles. The van der Waals surface area contributed by atoms with E-state index >= 15 is 0 Å². The van der Waals surface area contributed by atoms with Crippen molar-refractivity contribution < 1.29 is 31.0 Å². The summed E-state index contributed by atoms with van der Waals surface area (Å²) >= 11 is -5.23. The number of hydrogen-bond donors (Lipinski definition) is 3. The molecule has 2 rings (SSSR count). The van der Waals surface area contributed by atoms with Crippen LogP contribution in [0.5, 0.6) is 11.5 Å². The van der Waals surface area contributed by atoms with Crippen LogP contribution in [0.25, 0.3) is 0 Å². The van der Waals surface area contributed by atoms with Gasteiger partial charge < -0.3 is 0 Å². The molecule has 0 saturated carbocycles. The maximum atomic E-state index is 12.4. The van der Waals surface area contributed by atoms with Crippen LogP contribution in [0, 0.1) is 0 Å². The van der Waals surface area contributed by atoms with Crippen molar-refractivity contribution in [3.8, 4) is 11.5 Å². The van der Waals surface area contributed by atoms with Gasteiger partial charge in [0.05, 0.1) is 0 Å². The molecule has 1 atom stereocenters. The summed E-state index contributed by atoms with van der Waals surface area (Å²) in [5.74, 6) is -1.20. The summed E-state index contributed by atoms with van der Waals surface area (Å²) in [4.78, 5) is 23.2. The van der Waals surface area contributed by atoms with Crippen molar-refractivity contribution in [3.05, 3.63) is 48.0 Å². The van der Waals surface area contributed by atoms with Crippen molar-refractivity contribution in [1.82, 2.24) is 0 Å². The monoisotopic (exact) mass is 409 g/mol. The molecule has 9 heteroatoms. The van der Waals surface area contributed by atoms with Gasteiger partial charge in [-0.2, -0.15) is 0 Å². The molecule has 1 amide bonds. The quantitative estimate of drug-likeness (QED) is 0.493. The Hall–Kier alpha value is -2.70. The number of aromatic hydroxyl groups is 1. The number of carbonyl (C=O) groups is 2. The summed E-state index contributed by atoms with van der Waals surface area (Å²) < 4.78 is 32.1. The molecular formula is C16H16AsNO7. The summed E-state index contributed by atoms with van der Waals surface area (Å²) in [7, 11) is 1.47. The molecule has 0 fully saturated rings. The number of benzene rings is 2. The second-order valence-electron chi connectivity index (χ2n) is 5.01. The Morgan fingerprint density at radius 3 is 2.32 bits per heavy atom. The number of hydrogen-bond acceptors (Lipinski definition) is 6. The summed E-state index contributed by atoms with van der Waals surface area (Å²) in [6.07, 6.45) is 0. The van der Waals surface area contributed by atoms with Crippen LogP contribution in [0.3, 0.4) is 0 Å². The van der Waals surface area contributed by atoms with E-state index in [-0.39, 0.29) is 21.4 Å². The summed E-state index contributed by atoms with van der Waals surface area (Å²) in [5.41, 5.74) is 0.0264. The number of ether oxygens (including phenoxy) is 1. The van der Waals surface area contributed by atoms with Crippen molar-refractivity contribution in [2.24, 2.45) is 0 Å². The van der Waals surface area contributed by atoms with Crippen molar-refractivity contribution in [1.29, 1.82) is 0 Å². The van der Waals surface area contributed by atoms with Gasteiger partial charge in [0.25, 0.3) is 0 Å². The third kappa shape index (κ3) is 4.65. The minimum atomic E-state index is -5.23. The SMILES string of the molecule is COc1ccc(C(=O)O[As](=O)(O)c2ccc(O)c(NC(C)=O)c2)cc1. The number of nitrogens with one attached hydrogen (secondary N) is 1. The number of phenolic OH excluding ortho intramolecular Hbond substituents is 1. The first-order valence-electron chi connectivity index (χ1n) is 7.05. The molecule has 0 heterocycles. The third-order valence-corrected chi connectivity index (χ3v) is 5.97. The molecule has 3 N–H and O–H groups in total. The van der Waals surface area contributed by atoms with Crippen molar-refractivity contribution in [2.75, 3.05) is 12.4 Å². The maximum absolute atomic E-state index is 12.4. The number of methoxy groups -OCH3 is 1. The summed E-state index contributed by atoms with van der Waals surface area (Å²) in [6, 6.07) is 9.21. The van der Waals surface area contributed by atoms with Crippen molar-refractivity contribution in [3.63, 3.8) is 0 Å². The second-order valence-corrected chi connectivity index (χ2v) is 8.66. The zero-order valence-corrected chi connectivity index (χ0v) is 15.3. The van der Waals surface area contributed by atoms with E-state index in [2.05, 4.69) is 5.32 Å². The zero-order valence-electron chi connectivity index (χ0n) is 13.4. The first-order chi connectivity index (χ1) is 11.7. The average molecular weight is 409 g/mol. The van der Waals surface area contributed by atoms with Crippen LogP contribution in [-0.4, -0.2) is 42.4 Å². The normalized spacial score (nSPS) is 12.8. The first-order valence-corrected chi connectivity index (χ1v) is 10.4. The van der Waals surface area contributed by atoms with Crippen molar-refractivity contribution >= 4 is 36.1 Å². The number of amides is 1. The van der Waals surface area contributed by atoms with E-state index in [0.717, 1.165) is 18.2 Å². The van der Waals surface area contributed by atoms with Crippen LogP contribution in [0.1, 0.15) is 17.3 Å². The van der Waals surface area contributed by atoms with Gasteiger partial charge in [0.15, 0.2) is 0 Å². The van der Waals surface area contributed by atoms with Crippen molar-refractivity contribution in [2.45, 2.75) is 6.92 Å². The van der Waals surface area contributed by atoms with Crippen LogP contribution in [0.2, 0.25) is 0 Å². The Bertz CT molecular complexity index is 848. The molecule has 8 nitrogen and oxygen atoms in total. The van der Waals surface area contributed by atoms with Gasteiger partial charge in [-0.1, -0.05) is 0 Å². The van der Waals surface area contributed by atoms with E-state index in [1.807, 2.05) is 0 Å². The van der Waals surface area contributed by atoms with Gasteiger partial charge in [-0.25, -0.2) is 0 Å². The molecule has 0 saturated heterocycles. The van der Waals surface area contributed by atoms with Crippen LogP contribution in [0.4, 0.5) is 5.69 Å². The fourth-order valence-electron chi connectivity index (χ4n) is 1.93. The predicted octanol–water partition coefficient (Wildman–Crippen LogP) is 0.785. The molecule has 0 aliphatic carbocycles. The summed E-state index contributed by atoms with van der Waals surface area (Å²) in [6.45, 7) is 1.22. The number of phenols is 1. The summed E-state index contributed by atoms with van der Waals surface area (Å²) in [5, 5.41) is 12.0. The molecule has 2 aromatic rings. The minimum absolute atomic E-state index is 0.0545. The van der Waals surface area contributed by atoms with Crippen LogP contribution >= 0.6 is 0 Å². The molecular weight excluding hydrogens is 393 g/mol. The fourth-order valence-corrected chi connectivity index (χ4v) is 4.01. The van der Waals surface area contributed by atoms with Gasteiger partial charge in [0.1, 0.15) is 0 Å². The standard InChI is InChI=1S/C16H16AsNO7/c1-10(19)18-14-9-12(5-8-15(14)20)17(22,23)25-16(21)11-3-6-13(24-2)7-4-11/h3-9,20H,1-2H3,(H,18,19)(H,22,23). The van der Waals surface area contributed by atoms with Gasteiger partial charge in [0, 0.05) is 0 Å². The molecule has 132 valence electrons. The molecule has 25 heavy (non-hydrogen) atoms. The van der Waals surface area contributed by atoms with Gasteiger partial charge in [-0.3, -0.25) is 0 Å². The average Bonchev–Trinajstić information content (AvgIpc) is 2.56. The molecule has 1 unspecified atom stereocenters. The van der Waals surface area contributed by atoms with E-state index in [9.17, 15) is 22.5 Å². The molecule has 0 radical (unpaired) electrons. The molecule has 0 bridgehead atoms. The van der Waals surface area contributed by atoms with Gasteiger partial charge in [-0.05, 0) is 0 Å². The molecule has 0 aliphatic rings. The van der Waals surface area contributed by atoms with E-state index in [4.69, 9.17) is 8.46 Å². The van der Waals surface area contributed by atoms with Crippen LogP contribution in [-0.2, 0) is 12.3 Å².